The highest BCUT2D eigenvalue weighted by molar-refractivity contribution is 7.54. The molecule has 1 heterocycles. The molecule has 4 atom stereocenters. The third kappa shape index (κ3) is 8.20. The van der Waals surface area contributed by atoms with E-state index in [4.69, 9.17) is 4.52 Å². The molecule has 49 heavy (non-hydrogen) atoms. The predicted octanol–water partition coefficient (Wildman–Crippen LogP) is 6.12. The van der Waals surface area contributed by atoms with Crippen LogP contribution in [0.25, 0.3) is 0 Å². The number of rotatable bonds is 12. The number of aliphatic hydroxyl groups is 4. The number of para-hydroxylation sites is 1. The summed E-state index contributed by atoms with van der Waals surface area (Å²) in [6.45, 7) is 0.0561. The summed E-state index contributed by atoms with van der Waals surface area (Å²) >= 11 is 0. The Morgan fingerprint density at radius 1 is 0.490 bits per heavy atom. The first-order valence-corrected chi connectivity index (χ1v) is 18.1. The molecule has 0 saturated carbocycles. The van der Waals surface area contributed by atoms with Gasteiger partial charge in [-0.3, -0.25) is 0 Å². The second kappa shape index (κ2) is 16.1. The van der Waals surface area contributed by atoms with Gasteiger partial charge in [-0.05, 0) is 58.4 Å². The molecule has 0 radical (unpaired) electrons. The molecule has 4 N–H and O–H groups in total. The maximum atomic E-state index is 16.4. The first-order chi connectivity index (χ1) is 23.9. The van der Waals surface area contributed by atoms with Crippen molar-refractivity contribution in [2.24, 2.45) is 0 Å². The van der Waals surface area contributed by atoms with E-state index < -0.39 is 32.0 Å². The summed E-state index contributed by atoms with van der Waals surface area (Å²) in [5.41, 5.74) is 4.94. The van der Waals surface area contributed by atoms with Crippen LogP contribution in [0.15, 0.2) is 140 Å². The molecule has 0 aliphatic carbocycles. The van der Waals surface area contributed by atoms with E-state index in [-0.39, 0.29) is 26.3 Å². The lowest BCUT2D eigenvalue weighted by molar-refractivity contribution is -0.0408. The van der Waals surface area contributed by atoms with E-state index >= 15 is 4.57 Å². The van der Waals surface area contributed by atoms with Crippen molar-refractivity contribution in [3.05, 3.63) is 173 Å². The van der Waals surface area contributed by atoms with Crippen LogP contribution in [0.2, 0.25) is 0 Å². The Hall–Kier alpha value is -4.11. The van der Waals surface area contributed by atoms with E-state index in [0.717, 1.165) is 33.4 Å². The minimum absolute atomic E-state index is 0.106. The summed E-state index contributed by atoms with van der Waals surface area (Å²) < 4.78 is 26.6. The summed E-state index contributed by atoms with van der Waals surface area (Å²) in [6, 6.07) is 41.6. The van der Waals surface area contributed by atoms with Crippen LogP contribution in [0.5, 0.6) is 5.75 Å². The molecule has 1 aliphatic heterocycles. The van der Waals surface area contributed by atoms with Gasteiger partial charge in [0.25, 0.3) is 0 Å². The Bertz CT molecular complexity index is 1680. The van der Waals surface area contributed by atoms with Gasteiger partial charge in [0, 0.05) is 13.1 Å². The molecule has 9 heteroatoms. The molecule has 1 aliphatic rings. The fourth-order valence-corrected chi connectivity index (χ4v) is 9.28. The molecule has 1 saturated heterocycles. The van der Waals surface area contributed by atoms with E-state index in [1.807, 2.05) is 127 Å². The summed E-state index contributed by atoms with van der Waals surface area (Å²) in [5, 5.41) is 43.9. The monoisotopic (exact) mass is 678 g/mol. The van der Waals surface area contributed by atoms with E-state index in [0.29, 0.717) is 18.6 Å². The average Bonchev–Trinajstić information content (AvgIpc) is 3.19. The van der Waals surface area contributed by atoms with Crippen molar-refractivity contribution in [3.8, 4) is 5.75 Å². The van der Waals surface area contributed by atoms with Crippen molar-refractivity contribution in [1.29, 1.82) is 0 Å². The van der Waals surface area contributed by atoms with Crippen LogP contribution >= 0.6 is 7.67 Å². The van der Waals surface area contributed by atoms with Crippen LogP contribution in [-0.2, 0) is 43.7 Å². The van der Waals surface area contributed by atoms with Gasteiger partial charge in [0.1, 0.15) is 5.75 Å². The van der Waals surface area contributed by atoms with E-state index in [9.17, 15) is 20.4 Å². The molecule has 6 rings (SSSR count). The third-order valence-electron chi connectivity index (χ3n) is 9.20. The van der Waals surface area contributed by atoms with Gasteiger partial charge in [-0.1, -0.05) is 127 Å². The first-order valence-electron chi connectivity index (χ1n) is 16.6. The maximum Gasteiger partial charge on any atom is 0.397 e. The van der Waals surface area contributed by atoms with Crippen LogP contribution in [-0.4, -0.2) is 54.1 Å². The molecule has 1 fully saturated rings. The highest BCUT2D eigenvalue weighted by Crippen LogP contribution is 2.60. The summed E-state index contributed by atoms with van der Waals surface area (Å²) in [4.78, 5) is 0. The molecular weight excluding hydrogens is 635 g/mol. The van der Waals surface area contributed by atoms with Gasteiger partial charge in [-0.25, -0.2) is 4.57 Å². The Kier molecular flexibility index (Phi) is 11.4. The summed E-state index contributed by atoms with van der Waals surface area (Å²) in [5.74, 6) is 0.398. The van der Waals surface area contributed by atoms with Gasteiger partial charge in [0.15, 0.2) is 0 Å². The number of hydrogen-bond acceptors (Lipinski definition) is 6. The fourth-order valence-electron chi connectivity index (χ4n) is 6.50. The highest BCUT2D eigenvalue weighted by atomic mass is 31.2. The quantitative estimate of drug-likeness (QED) is 0.117. The van der Waals surface area contributed by atoms with E-state index in [2.05, 4.69) is 0 Å². The molecule has 0 aromatic heterocycles. The molecule has 4 unspecified atom stereocenters. The van der Waals surface area contributed by atoms with Crippen LogP contribution in [0, 0.1) is 0 Å². The van der Waals surface area contributed by atoms with Crippen LogP contribution < -0.4 is 4.52 Å². The van der Waals surface area contributed by atoms with E-state index in [1.54, 1.807) is 21.5 Å². The molecule has 5 aromatic carbocycles. The molecule has 254 valence electrons. The topological polar surface area (TPSA) is 114 Å². The van der Waals surface area contributed by atoms with Gasteiger partial charge in [0.2, 0.25) is 0 Å². The van der Waals surface area contributed by atoms with Crippen molar-refractivity contribution in [2.75, 3.05) is 0 Å². The van der Waals surface area contributed by atoms with Crippen molar-refractivity contribution in [2.45, 2.75) is 63.4 Å². The second-order valence-electron chi connectivity index (χ2n) is 12.5. The van der Waals surface area contributed by atoms with Crippen LogP contribution in [0.3, 0.4) is 0 Å². The van der Waals surface area contributed by atoms with Gasteiger partial charge in [-0.2, -0.15) is 9.34 Å². The van der Waals surface area contributed by atoms with Crippen molar-refractivity contribution in [1.82, 2.24) is 9.34 Å². The lowest BCUT2D eigenvalue weighted by Gasteiger charge is -2.42. The minimum Gasteiger partial charge on any atom is -0.422 e. The molecular formula is C40H43N2O6P. The summed E-state index contributed by atoms with van der Waals surface area (Å²) in [6.07, 6.45) is -2.01. The fraction of sp³-hybridized carbons (Fsp3) is 0.250. The smallest absolute Gasteiger partial charge is 0.397 e. The molecule has 8 nitrogen and oxygen atoms in total. The van der Waals surface area contributed by atoms with Crippen molar-refractivity contribution >= 4 is 7.67 Å². The zero-order valence-electron chi connectivity index (χ0n) is 27.3. The van der Waals surface area contributed by atoms with Gasteiger partial charge in [-0.15, -0.1) is 0 Å². The number of aliphatic hydroxyl groups excluding tert-OH is 4. The van der Waals surface area contributed by atoms with E-state index in [1.165, 1.54) is 0 Å². The Labute approximate surface area is 288 Å². The number of benzene rings is 5. The Morgan fingerprint density at radius 2 is 0.837 bits per heavy atom. The molecule has 0 bridgehead atoms. The third-order valence-corrected chi connectivity index (χ3v) is 11.8. The lowest BCUT2D eigenvalue weighted by atomic mass is 9.91. The maximum absolute atomic E-state index is 16.4. The van der Waals surface area contributed by atoms with Gasteiger partial charge >= 0.3 is 7.67 Å². The summed E-state index contributed by atoms with van der Waals surface area (Å²) in [7, 11) is -4.18. The average molecular weight is 679 g/mol. The number of hydrogen-bond donors (Lipinski definition) is 4. The van der Waals surface area contributed by atoms with Crippen molar-refractivity contribution in [3.63, 3.8) is 0 Å². The standard InChI is InChI=1S/C40H43N2O6P/c43-28-34-20-16-32(17-21-34)26-41-37(24-30-10-4-1-5-11-30)39(45)40(46)38(25-31-12-6-2-7-13-31)42(27-33-18-22-35(29-44)23-19-33)49(41,47)48-36-14-8-3-9-15-36/h1-23,37-40,43-46H,24-29H2. The first kappa shape index (κ1) is 34.7. The highest BCUT2D eigenvalue weighted by Gasteiger charge is 2.55. The van der Waals surface area contributed by atoms with Crippen LogP contribution in [0.1, 0.15) is 33.4 Å². The lowest BCUT2D eigenvalue weighted by Crippen LogP contribution is -2.50. The second-order valence-corrected chi connectivity index (χ2v) is 14.7. The minimum atomic E-state index is -4.18. The number of nitrogens with zero attached hydrogens (tertiary/aromatic N) is 2. The normalized spacial score (nSPS) is 23.2. The van der Waals surface area contributed by atoms with Gasteiger partial charge in [0.05, 0.1) is 37.5 Å². The SMILES string of the molecule is O=P1(Oc2ccccc2)N(Cc2ccc(CO)cc2)C(Cc2ccccc2)C(O)C(O)C(Cc2ccccc2)N1Cc1ccc(CO)cc1. The predicted molar refractivity (Wildman–Crippen MR) is 190 cm³/mol. The molecule has 0 spiro atoms. The Balaban J connectivity index is 1.55. The van der Waals surface area contributed by atoms with Crippen LogP contribution in [0.4, 0.5) is 0 Å². The van der Waals surface area contributed by atoms with Gasteiger partial charge < -0.3 is 24.9 Å². The van der Waals surface area contributed by atoms with Crippen molar-refractivity contribution < 1.29 is 29.5 Å². The molecule has 0 amide bonds. The zero-order valence-corrected chi connectivity index (χ0v) is 28.2. The largest absolute Gasteiger partial charge is 0.422 e. The Morgan fingerprint density at radius 3 is 1.20 bits per heavy atom. The molecule has 5 aromatic rings. The zero-order chi connectivity index (χ0) is 34.2.